The Morgan fingerprint density at radius 2 is 2.15 bits per heavy atom. The molecule has 0 aliphatic carbocycles. The molecule has 1 aromatic carbocycles. The van der Waals surface area contributed by atoms with Crippen molar-refractivity contribution in [3.05, 3.63) is 54.4 Å². The summed E-state index contributed by atoms with van der Waals surface area (Å²) in [4.78, 5) is 30.9. The lowest BCUT2D eigenvalue weighted by Gasteiger charge is -2.16. The summed E-state index contributed by atoms with van der Waals surface area (Å²) >= 11 is 1.42. The molecular weight excluding hydrogens is 352 g/mol. The number of pyridine rings is 1. The molecule has 1 saturated heterocycles. The Balaban J connectivity index is 1.65. The van der Waals surface area contributed by atoms with E-state index in [1.165, 1.54) is 11.8 Å². The predicted molar refractivity (Wildman–Crippen MR) is 98.4 cm³/mol. The molecule has 6 nitrogen and oxygen atoms in total. The van der Waals surface area contributed by atoms with Crippen molar-refractivity contribution in [1.82, 2.24) is 9.88 Å². The standard InChI is InChI=1S/C19H20N2O4S/c1-25-14-5-2-6-15(8-14)26-12-18(22)21-10-16(17(11-21)19(23)24)13-4-3-7-20-9-13/h2-9,16-17H,10-12H2,1H3,(H,23,24)/t16-,17+/m0/s1. The molecule has 2 aromatic rings. The molecule has 2 atom stereocenters. The maximum atomic E-state index is 12.6. The Bertz CT molecular complexity index is 784. The highest BCUT2D eigenvalue weighted by Gasteiger charge is 2.40. The van der Waals surface area contributed by atoms with E-state index in [9.17, 15) is 14.7 Å². The Morgan fingerprint density at radius 3 is 2.85 bits per heavy atom. The van der Waals surface area contributed by atoms with E-state index in [0.29, 0.717) is 6.54 Å². The fraction of sp³-hybridized carbons (Fsp3) is 0.316. The third kappa shape index (κ3) is 4.16. The van der Waals surface area contributed by atoms with Gasteiger partial charge < -0.3 is 14.7 Å². The number of hydrogen-bond donors (Lipinski definition) is 1. The Hall–Kier alpha value is -2.54. The molecule has 0 bridgehead atoms. The molecule has 1 amide bonds. The second-order valence-corrected chi connectivity index (χ2v) is 7.15. The van der Waals surface area contributed by atoms with Gasteiger partial charge in [0.05, 0.1) is 18.8 Å². The second kappa shape index (κ2) is 8.23. The van der Waals surface area contributed by atoms with Gasteiger partial charge in [0.2, 0.25) is 5.91 Å². The normalized spacial score (nSPS) is 19.3. The zero-order valence-electron chi connectivity index (χ0n) is 14.4. The van der Waals surface area contributed by atoms with E-state index in [1.807, 2.05) is 30.3 Å². The maximum absolute atomic E-state index is 12.6. The first-order valence-electron chi connectivity index (χ1n) is 8.26. The van der Waals surface area contributed by atoms with E-state index >= 15 is 0 Å². The molecule has 136 valence electrons. The number of hydrogen-bond acceptors (Lipinski definition) is 5. The molecule has 1 aliphatic heterocycles. The van der Waals surface area contributed by atoms with Gasteiger partial charge in [-0.15, -0.1) is 11.8 Å². The van der Waals surface area contributed by atoms with Crippen LogP contribution in [0.5, 0.6) is 5.75 Å². The van der Waals surface area contributed by atoms with Gasteiger partial charge in [0.25, 0.3) is 0 Å². The summed E-state index contributed by atoms with van der Waals surface area (Å²) in [5.41, 5.74) is 0.857. The van der Waals surface area contributed by atoms with Crippen LogP contribution in [0.4, 0.5) is 0 Å². The quantitative estimate of drug-likeness (QED) is 0.785. The third-order valence-electron chi connectivity index (χ3n) is 4.51. The number of thioether (sulfide) groups is 1. The van der Waals surface area contributed by atoms with E-state index in [1.54, 1.807) is 30.5 Å². The van der Waals surface area contributed by atoms with Gasteiger partial charge in [0.15, 0.2) is 0 Å². The zero-order valence-corrected chi connectivity index (χ0v) is 15.2. The molecule has 0 unspecified atom stereocenters. The molecule has 0 spiro atoms. The number of carboxylic acids is 1. The van der Waals surface area contributed by atoms with Crippen molar-refractivity contribution in [3.8, 4) is 5.75 Å². The number of carbonyl (C=O) groups is 2. The number of aromatic nitrogens is 1. The minimum atomic E-state index is -0.880. The van der Waals surface area contributed by atoms with Crippen molar-refractivity contribution < 1.29 is 19.4 Å². The smallest absolute Gasteiger partial charge is 0.308 e. The third-order valence-corrected chi connectivity index (χ3v) is 5.48. The van der Waals surface area contributed by atoms with Crippen LogP contribution >= 0.6 is 11.8 Å². The summed E-state index contributed by atoms with van der Waals surface area (Å²) < 4.78 is 5.19. The number of nitrogens with zero attached hydrogens (tertiary/aromatic N) is 2. The van der Waals surface area contributed by atoms with E-state index in [0.717, 1.165) is 16.2 Å². The molecule has 7 heteroatoms. The van der Waals surface area contributed by atoms with Crippen LogP contribution < -0.4 is 4.74 Å². The molecule has 0 saturated carbocycles. The number of methoxy groups -OCH3 is 1. The van der Waals surface area contributed by atoms with Crippen LogP contribution in [-0.4, -0.2) is 52.8 Å². The molecule has 3 rings (SSSR count). The lowest BCUT2D eigenvalue weighted by molar-refractivity contribution is -0.141. The van der Waals surface area contributed by atoms with Crippen LogP contribution in [0, 0.1) is 5.92 Å². The molecular formula is C19H20N2O4S. The summed E-state index contributed by atoms with van der Waals surface area (Å²) in [6, 6.07) is 11.2. The lowest BCUT2D eigenvalue weighted by atomic mass is 9.90. The van der Waals surface area contributed by atoms with Crippen molar-refractivity contribution in [2.75, 3.05) is 26.0 Å². The summed E-state index contributed by atoms with van der Waals surface area (Å²) in [5.74, 6) is -0.771. The minimum absolute atomic E-state index is 0.0598. The Kier molecular flexibility index (Phi) is 5.78. The van der Waals surface area contributed by atoms with Crippen molar-refractivity contribution in [2.24, 2.45) is 5.92 Å². The molecule has 1 aromatic heterocycles. The van der Waals surface area contributed by atoms with Gasteiger partial charge in [0, 0.05) is 36.3 Å². The first kappa shape index (κ1) is 18.3. The minimum Gasteiger partial charge on any atom is -0.497 e. The zero-order chi connectivity index (χ0) is 18.5. The van der Waals surface area contributed by atoms with E-state index in [4.69, 9.17) is 4.74 Å². The topological polar surface area (TPSA) is 79.7 Å². The van der Waals surface area contributed by atoms with Crippen molar-refractivity contribution in [1.29, 1.82) is 0 Å². The van der Waals surface area contributed by atoms with Gasteiger partial charge in [-0.2, -0.15) is 0 Å². The number of aliphatic carboxylic acids is 1. The number of likely N-dealkylation sites (tertiary alicyclic amines) is 1. The van der Waals surface area contributed by atoms with Gasteiger partial charge in [-0.1, -0.05) is 12.1 Å². The highest BCUT2D eigenvalue weighted by molar-refractivity contribution is 8.00. The van der Waals surface area contributed by atoms with Gasteiger partial charge in [-0.05, 0) is 29.8 Å². The molecule has 26 heavy (non-hydrogen) atoms. The first-order valence-corrected chi connectivity index (χ1v) is 9.24. The van der Waals surface area contributed by atoms with Gasteiger partial charge >= 0.3 is 5.97 Å². The Morgan fingerprint density at radius 1 is 1.31 bits per heavy atom. The number of amides is 1. The summed E-state index contributed by atoms with van der Waals surface area (Å²) in [6.45, 7) is 0.632. The largest absolute Gasteiger partial charge is 0.497 e. The molecule has 1 fully saturated rings. The number of carbonyl (C=O) groups excluding carboxylic acids is 1. The van der Waals surface area contributed by atoms with Crippen molar-refractivity contribution >= 4 is 23.6 Å². The van der Waals surface area contributed by atoms with Gasteiger partial charge in [-0.25, -0.2) is 0 Å². The monoisotopic (exact) mass is 372 g/mol. The molecule has 1 N–H and O–H groups in total. The van der Waals surface area contributed by atoms with E-state index in [2.05, 4.69) is 4.98 Å². The van der Waals surface area contributed by atoms with Crippen LogP contribution in [0.25, 0.3) is 0 Å². The molecule has 1 aliphatic rings. The van der Waals surface area contributed by atoms with Crippen LogP contribution in [0.2, 0.25) is 0 Å². The number of ether oxygens (including phenoxy) is 1. The van der Waals surface area contributed by atoms with Crippen LogP contribution in [0.15, 0.2) is 53.7 Å². The average molecular weight is 372 g/mol. The second-order valence-electron chi connectivity index (χ2n) is 6.10. The van der Waals surface area contributed by atoms with Gasteiger partial charge in [-0.3, -0.25) is 14.6 Å². The predicted octanol–water partition coefficient (Wildman–Crippen LogP) is 2.51. The SMILES string of the molecule is COc1cccc(SCC(=O)N2C[C@@H](C(=O)O)[C@H](c3cccnc3)C2)c1. The summed E-state index contributed by atoms with van der Waals surface area (Å²) in [6.07, 6.45) is 3.33. The van der Waals surface area contributed by atoms with Crippen LogP contribution in [0.3, 0.4) is 0 Å². The van der Waals surface area contributed by atoms with Crippen molar-refractivity contribution in [3.63, 3.8) is 0 Å². The Labute approximate surface area is 156 Å². The number of rotatable bonds is 6. The molecule has 0 radical (unpaired) electrons. The summed E-state index contributed by atoms with van der Waals surface area (Å²) in [5, 5.41) is 9.53. The number of carboxylic acid groups (broad SMARTS) is 1. The summed E-state index contributed by atoms with van der Waals surface area (Å²) in [7, 11) is 1.60. The average Bonchev–Trinajstić information content (AvgIpc) is 3.13. The highest BCUT2D eigenvalue weighted by atomic mass is 32.2. The number of benzene rings is 1. The van der Waals surface area contributed by atoms with E-state index in [-0.39, 0.29) is 24.1 Å². The van der Waals surface area contributed by atoms with Crippen molar-refractivity contribution in [2.45, 2.75) is 10.8 Å². The lowest BCUT2D eigenvalue weighted by Crippen LogP contribution is -2.31. The fourth-order valence-electron chi connectivity index (χ4n) is 3.12. The molecule has 2 heterocycles. The van der Waals surface area contributed by atoms with Crippen LogP contribution in [-0.2, 0) is 9.59 Å². The highest BCUT2D eigenvalue weighted by Crippen LogP contribution is 2.33. The van der Waals surface area contributed by atoms with Gasteiger partial charge in [0.1, 0.15) is 5.75 Å². The van der Waals surface area contributed by atoms with E-state index < -0.39 is 11.9 Å². The fourth-order valence-corrected chi connectivity index (χ4v) is 3.97. The van der Waals surface area contributed by atoms with Crippen LogP contribution in [0.1, 0.15) is 11.5 Å². The maximum Gasteiger partial charge on any atom is 0.308 e. The first-order chi connectivity index (χ1) is 12.6.